The highest BCUT2D eigenvalue weighted by Crippen LogP contribution is 2.36. The van der Waals surface area contributed by atoms with Crippen molar-refractivity contribution in [1.29, 1.82) is 0 Å². The van der Waals surface area contributed by atoms with E-state index in [1.807, 2.05) is 60.7 Å². The number of benzene rings is 2. The van der Waals surface area contributed by atoms with Gasteiger partial charge < -0.3 is 20.4 Å². The summed E-state index contributed by atoms with van der Waals surface area (Å²) in [6.45, 7) is -0.632. The van der Waals surface area contributed by atoms with Gasteiger partial charge in [-0.05, 0) is 12.1 Å². The van der Waals surface area contributed by atoms with E-state index in [4.69, 9.17) is 5.11 Å². The lowest BCUT2D eigenvalue weighted by Crippen LogP contribution is -2.49. The van der Waals surface area contributed by atoms with Crippen molar-refractivity contribution < 1.29 is 20.4 Å². The molecule has 0 saturated heterocycles. The van der Waals surface area contributed by atoms with E-state index in [0.29, 0.717) is 5.04 Å². The summed E-state index contributed by atoms with van der Waals surface area (Å²) in [4.78, 5) is 0. The fraction of sp³-hybridized carbons (Fsp3) is 0.278. The molecular weight excluding hydrogens is 340 g/mol. The topological polar surface area (TPSA) is 96.5 Å². The van der Waals surface area contributed by atoms with Crippen LogP contribution in [0.3, 0.4) is 0 Å². The van der Waals surface area contributed by atoms with E-state index >= 15 is 0 Å². The molecule has 2 aromatic carbocycles. The van der Waals surface area contributed by atoms with E-state index in [2.05, 4.69) is 5.10 Å². The molecule has 4 atom stereocenters. The van der Waals surface area contributed by atoms with Gasteiger partial charge in [0, 0.05) is 5.56 Å². The third kappa shape index (κ3) is 3.86. The highest BCUT2D eigenvalue weighted by Gasteiger charge is 2.40. The van der Waals surface area contributed by atoms with Crippen molar-refractivity contribution in [2.45, 2.75) is 23.7 Å². The van der Waals surface area contributed by atoms with Crippen LogP contribution >= 0.6 is 11.8 Å². The van der Waals surface area contributed by atoms with Crippen molar-refractivity contribution in [1.82, 2.24) is 0 Å². The maximum Gasteiger partial charge on any atom is 0.132 e. The van der Waals surface area contributed by atoms with Crippen LogP contribution in [0.25, 0.3) is 0 Å². The second kappa shape index (κ2) is 7.99. The number of hydrazone groups is 1. The molecule has 0 aliphatic carbocycles. The molecule has 3 rings (SSSR count). The Labute approximate surface area is 150 Å². The minimum atomic E-state index is -1.49. The molecule has 6 nitrogen and oxygen atoms in total. The molecule has 0 radical (unpaired) electrons. The van der Waals surface area contributed by atoms with Crippen molar-refractivity contribution >= 4 is 22.5 Å². The smallest absolute Gasteiger partial charge is 0.132 e. The van der Waals surface area contributed by atoms with Gasteiger partial charge in [-0.2, -0.15) is 5.10 Å². The van der Waals surface area contributed by atoms with Crippen molar-refractivity contribution in [2.24, 2.45) is 5.10 Å². The first-order valence-electron chi connectivity index (χ1n) is 7.92. The Hall–Kier alpha value is -1.90. The zero-order valence-electron chi connectivity index (χ0n) is 13.4. The van der Waals surface area contributed by atoms with Crippen LogP contribution in [0.1, 0.15) is 5.56 Å². The van der Waals surface area contributed by atoms with E-state index in [1.54, 1.807) is 5.01 Å². The molecule has 4 N–H and O–H groups in total. The summed E-state index contributed by atoms with van der Waals surface area (Å²) in [5.74, 6) is 0. The van der Waals surface area contributed by atoms with Crippen LogP contribution in [0.4, 0.5) is 5.69 Å². The Morgan fingerprint density at radius 3 is 2.16 bits per heavy atom. The molecule has 1 heterocycles. The van der Waals surface area contributed by atoms with Gasteiger partial charge in [0.25, 0.3) is 0 Å². The molecule has 0 bridgehead atoms. The third-order valence-electron chi connectivity index (χ3n) is 3.94. The second-order valence-electron chi connectivity index (χ2n) is 5.69. The number of hydrogen-bond donors (Lipinski definition) is 4. The van der Waals surface area contributed by atoms with Gasteiger partial charge in [-0.15, -0.1) is 0 Å². The SMILES string of the molecule is OC[C@@H](O)[C@@H](O)[C@@H](O)[C@@H]1SC(c2ccccc2)=NN1c1ccccc1. The number of nitrogens with zero attached hydrogens (tertiary/aromatic N) is 2. The Bertz CT molecular complexity index is 714. The zero-order chi connectivity index (χ0) is 17.8. The summed E-state index contributed by atoms with van der Waals surface area (Å²) >= 11 is 1.30. The summed E-state index contributed by atoms with van der Waals surface area (Å²) in [6, 6.07) is 18.9. The summed E-state index contributed by atoms with van der Waals surface area (Å²) in [5.41, 5.74) is 1.66. The zero-order valence-corrected chi connectivity index (χ0v) is 14.2. The van der Waals surface area contributed by atoms with Crippen LogP contribution in [0.5, 0.6) is 0 Å². The molecule has 1 aliphatic heterocycles. The lowest BCUT2D eigenvalue weighted by molar-refractivity contribution is -0.0759. The first-order chi connectivity index (χ1) is 12.1. The highest BCUT2D eigenvalue weighted by molar-refractivity contribution is 8.15. The van der Waals surface area contributed by atoms with Gasteiger partial charge in [0.05, 0.1) is 12.3 Å². The van der Waals surface area contributed by atoms with Gasteiger partial charge in [-0.1, -0.05) is 60.3 Å². The fourth-order valence-electron chi connectivity index (χ4n) is 2.55. The molecule has 0 spiro atoms. The van der Waals surface area contributed by atoms with Gasteiger partial charge >= 0.3 is 0 Å². The molecule has 7 heteroatoms. The first kappa shape index (κ1) is 17.9. The van der Waals surface area contributed by atoms with Crippen molar-refractivity contribution in [3.8, 4) is 0 Å². The van der Waals surface area contributed by atoms with E-state index in [0.717, 1.165) is 11.3 Å². The lowest BCUT2D eigenvalue weighted by Gasteiger charge is -2.31. The standard InChI is InChI=1S/C18H20N2O4S/c21-11-14(22)15(23)16(24)18-20(13-9-5-2-6-10-13)19-17(25-18)12-7-3-1-4-8-12/h1-10,14-16,18,21-24H,11H2/t14-,15-,16-,18+/m1/s1. The van der Waals surface area contributed by atoms with E-state index < -0.39 is 30.3 Å². The Morgan fingerprint density at radius 2 is 1.56 bits per heavy atom. The fourth-order valence-corrected chi connectivity index (χ4v) is 3.76. The van der Waals surface area contributed by atoms with E-state index in [-0.39, 0.29) is 0 Å². The number of rotatable bonds is 6. The van der Waals surface area contributed by atoms with Crippen molar-refractivity contribution in [2.75, 3.05) is 11.6 Å². The Morgan fingerprint density at radius 1 is 0.960 bits per heavy atom. The quantitative estimate of drug-likeness (QED) is 0.614. The molecule has 1 aliphatic rings. The number of para-hydroxylation sites is 1. The lowest BCUT2D eigenvalue weighted by atomic mass is 10.1. The van der Waals surface area contributed by atoms with E-state index in [1.165, 1.54) is 11.8 Å². The van der Waals surface area contributed by atoms with Gasteiger partial charge in [0.1, 0.15) is 28.7 Å². The average molecular weight is 360 g/mol. The van der Waals surface area contributed by atoms with Crippen LogP contribution in [0.15, 0.2) is 65.8 Å². The summed E-state index contributed by atoms with van der Waals surface area (Å²) in [7, 11) is 0. The second-order valence-corrected chi connectivity index (χ2v) is 6.80. The molecule has 0 aromatic heterocycles. The molecule has 0 fully saturated rings. The van der Waals surface area contributed by atoms with Crippen molar-refractivity contribution in [3.63, 3.8) is 0 Å². The molecule has 132 valence electrons. The predicted octanol–water partition coefficient (Wildman–Crippen LogP) is 1.00. The largest absolute Gasteiger partial charge is 0.394 e. The number of aliphatic hydroxyl groups excluding tert-OH is 4. The molecule has 0 unspecified atom stereocenters. The van der Waals surface area contributed by atoms with Crippen LogP contribution in [0.2, 0.25) is 0 Å². The van der Waals surface area contributed by atoms with Gasteiger partial charge in [0.2, 0.25) is 0 Å². The summed E-state index contributed by atoms with van der Waals surface area (Å²) in [5, 5.41) is 45.7. The van der Waals surface area contributed by atoms with Crippen LogP contribution in [0, 0.1) is 0 Å². The molecule has 0 amide bonds. The molecule has 0 saturated carbocycles. The predicted molar refractivity (Wildman–Crippen MR) is 98.4 cm³/mol. The normalized spacial score (nSPS) is 20.9. The third-order valence-corrected chi connectivity index (χ3v) is 5.20. The first-order valence-corrected chi connectivity index (χ1v) is 8.80. The molecular formula is C18H20N2O4S. The Balaban J connectivity index is 1.92. The minimum Gasteiger partial charge on any atom is -0.394 e. The summed E-state index contributed by atoms with van der Waals surface area (Å²) < 4.78 is 0. The number of thioether (sulfide) groups is 1. The van der Waals surface area contributed by atoms with Crippen LogP contribution < -0.4 is 5.01 Å². The minimum absolute atomic E-state index is 0.631. The molecule has 2 aromatic rings. The average Bonchev–Trinajstić information content (AvgIpc) is 3.13. The Kier molecular flexibility index (Phi) is 5.72. The van der Waals surface area contributed by atoms with E-state index in [9.17, 15) is 15.3 Å². The van der Waals surface area contributed by atoms with Crippen molar-refractivity contribution in [3.05, 3.63) is 66.2 Å². The van der Waals surface area contributed by atoms with Gasteiger partial charge in [-0.3, -0.25) is 0 Å². The summed E-state index contributed by atoms with van der Waals surface area (Å²) in [6.07, 6.45) is -4.22. The van der Waals surface area contributed by atoms with Crippen LogP contribution in [-0.2, 0) is 0 Å². The maximum absolute atomic E-state index is 10.6. The monoisotopic (exact) mass is 360 g/mol. The number of aliphatic hydroxyl groups is 4. The maximum atomic E-state index is 10.6. The number of hydrogen-bond acceptors (Lipinski definition) is 7. The van der Waals surface area contributed by atoms with Gasteiger partial charge in [-0.25, -0.2) is 5.01 Å². The van der Waals surface area contributed by atoms with Gasteiger partial charge in [0.15, 0.2) is 0 Å². The highest BCUT2D eigenvalue weighted by atomic mass is 32.2. The molecule has 25 heavy (non-hydrogen) atoms. The van der Waals surface area contributed by atoms with Crippen LogP contribution in [-0.4, -0.2) is 55.8 Å². The number of anilines is 1.